The van der Waals surface area contributed by atoms with E-state index in [1.807, 2.05) is 37.8 Å². The highest BCUT2D eigenvalue weighted by Crippen LogP contribution is 2.40. The second kappa shape index (κ2) is 8.61. The quantitative estimate of drug-likeness (QED) is 0.782. The van der Waals surface area contributed by atoms with Gasteiger partial charge in [-0.15, -0.1) is 0 Å². The van der Waals surface area contributed by atoms with Crippen molar-refractivity contribution in [3.63, 3.8) is 0 Å². The Morgan fingerprint density at radius 2 is 1.77 bits per heavy atom. The van der Waals surface area contributed by atoms with Gasteiger partial charge >= 0.3 is 0 Å². The van der Waals surface area contributed by atoms with Crippen LogP contribution in [-0.4, -0.2) is 65.5 Å². The summed E-state index contributed by atoms with van der Waals surface area (Å²) in [6.07, 6.45) is 3.01. The fourth-order valence-electron chi connectivity index (χ4n) is 4.49. The number of benzene rings is 1. The lowest BCUT2D eigenvalue weighted by atomic mass is 9.96. The van der Waals surface area contributed by atoms with Crippen LogP contribution in [0.15, 0.2) is 24.3 Å². The van der Waals surface area contributed by atoms with Gasteiger partial charge in [-0.2, -0.15) is 0 Å². The number of hydrogen-bond acceptors (Lipinski definition) is 4. The minimum Gasteiger partial charge on any atom is -0.354 e. The zero-order valence-electron chi connectivity index (χ0n) is 18.7. The number of likely N-dealkylation sites (tertiary alicyclic amines) is 1. The maximum Gasteiger partial charge on any atom is 0.256 e. The predicted octanol–water partition coefficient (Wildman–Crippen LogP) is 2.34. The molecule has 1 aliphatic carbocycles. The van der Waals surface area contributed by atoms with Gasteiger partial charge < -0.3 is 15.0 Å². The highest BCUT2D eigenvalue weighted by atomic mass is 16.5. The highest BCUT2D eigenvalue weighted by molar-refractivity contribution is 5.98. The first kappa shape index (κ1) is 21.8. The van der Waals surface area contributed by atoms with Crippen molar-refractivity contribution in [3.8, 4) is 0 Å². The summed E-state index contributed by atoms with van der Waals surface area (Å²) < 4.78 is 6.21. The van der Waals surface area contributed by atoms with Gasteiger partial charge in [-0.25, -0.2) is 0 Å². The van der Waals surface area contributed by atoms with E-state index in [2.05, 4.69) is 5.32 Å². The second-order valence-electron chi connectivity index (χ2n) is 9.55. The van der Waals surface area contributed by atoms with Gasteiger partial charge in [0.1, 0.15) is 11.8 Å². The number of amides is 3. The van der Waals surface area contributed by atoms with E-state index in [4.69, 9.17) is 4.74 Å². The lowest BCUT2D eigenvalue weighted by Gasteiger charge is -2.44. The molecular weight excluding hydrogens is 394 g/mol. The Morgan fingerprint density at radius 1 is 1.13 bits per heavy atom. The molecule has 7 heteroatoms. The van der Waals surface area contributed by atoms with Gasteiger partial charge in [-0.3, -0.25) is 19.3 Å². The van der Waals surface area contributed by atoms with Gasteiger partial charge in [0.25, 0.3) is 5.91 Å². The number of hydrogen-bond donors (Lipinski definition) is 1. The molecule has 7 nitrogen and oxygen atoms in total. The van der Waals surface area contributed by atoms with E-state index in [9.17, 15) is 14.4 Å². The molecule has 2 aliphatic heterocycles. The summed E-state index contributed by atoms with van der Waals surface area (Å²) in [5.74, 6) is 0.346. The predicted molar refractivity (Wildman–Crippen MR) is 116 cm³/mol. The number of carbonyl (C=O) groups is 3. The fourth-order valence-corrected chi connectivity index (χ4v) is 4.49. The van der Waals surface area contributed by atoms with Gasteiger partial charge in [-0.1, -0.05) is 31.5 Å². The first-order valence-corrected chi connectivity index (χ1v) is 11.4. The molecule has 2 heterocycles. The number of carbonyl (C=O) groups excluding carboxylic acids is 3. The van der Waals surface area contributed by atoms with E-state index in [1.54, 1.807) is 17.0 Å². The largest absolute Gasteiger partial charge is 0.354 e. The van der Waals surface area contributed by atoms with Crippen molar-refractivity contribution in [1.82, 2.24) is 15.1 Å². The molecule has 1 aromatic carbocycles. The van der Waals surface area contributed by atoms with Crippen molar-refractivity contribution in [2.45, 2.75) is 58.2 Å². The summed E-state index contributed by atoms with van der Waals surface area (Å²) in [4.78, 5) is 42.6. The SMILES string of the molecule is Cc1ccc(C(=O)N2[C@H](C(=O)NCC(C)C)COC23CCN(C(=O)C2CC2)CC3)cc1. The monoisotopic (exact) mass is 427 g/mol. The van der Waals surface area contributed by atoms with Crippen molar-refractivity contribution < 1.29 is 19.1 Å². The maximum absolute atomic E-state index is 13.6. The number of nitrogens with zero attached hydrogens (tertiary/aromatic N) is 2. The van der Waals surface area contributed by atoms with Crippen molar-refractivity contribution in [3.05, 3.63) is 35.4 Å². The van der Waals surface area contributed by atoms with E-state index < -0.39 is 11.8 Å². The lowest BCUT2D eigenvalue weighted by molar-refractivity contribution is -0.144. The zero-order valence-corrected chi connectivity index (χ0v) is 18.7. The third-order valence-electron chi connectivity index (χ3n) is 6.55. The Balaban J connectivity index is 1.56. The second-order valence-corrected chi connectivity index (χ2v) is 9.55. The lowest BCUT2D eigenvalue weighted by Crippen LogP contribution is -2.60. The molecule has 3 amide bonds. The minimum atomic E-state index is -0.845. The van der Waals surface area contributed by atoms with Crippen LogP contribution in [0.25, 0.3) is 0 Å². The van der Waals surface area contributed by atoms with Crippen LogP contribution in [0.5, 0.6) is 0 Å². The van der Waals surface area contributed by atoms with Gasteiger partial charge in [0.15, 0.2) is 0 Å². The molecule has 0 bridgehead atoms. The number of ether oxygens (including phenoxy) is 1. The first-order valence-electron chi connectivity index (χ1n) is 11.4. The molecule has 1 N–H and O–H groups in total. The summed E-state index contributed by atoms with van der Waals surface area (Å²) in [6.45, 7) is 7.88. The summed E-state index contributed by atoms with van der Waals surface area (Å²) in [5, 5.41) is 2.96. The Bertz CT molecular complexity index is 839. The minimum absolute atomic E-state index is 0.178. The molecule has 0 aromatic heterocycles. The van der Waals surface area contributed by atoms with E-state index in [0.29, 0.717) is 44.0 Å². The highest BCUT2D eigenvalue weighted by Gasteiger charge is 2.54. The van der Waals surface area contributed by atoms with E-state index in [0.717, 1.165) is 18.4 Å². The van der Waals surface area contributed by atoms with Gasteiger partial charge in [0.2, 0.25) is 11.8 Å². The molecule has 1 aromatic rings. The molecule has 3 fully saturated rings. The number of aryl methyl sites for hydroxylation is 1. The zero-order chi connectivity index (χ0) is 22.2. The molecule has 0 radical (unpaired) electrons. The van der Waals surface area contributed by atoms with Gasteiger partial charge in [-0.05, 0) is 37.8 Å². The van der Waals surface area contributed by atoms with Crippen molar-refractivity contribution in [1.29, 1.82) is 0 Å². The molecule has 1 atom stereocenters. The van der Waals surface area contributed by atoms with Crippen LogP contribution in [0.4, 0.5) is 0 Å². The van der Waals surface area contributed by atoms with E-state index in [1.165, 1.54) is 0 Å². The maximum atomic E-state index is 13.6. The van der Waals surface area contributed by atoms with Crippen LogP contribution in [0.3, 0.4) is 0 Å². The number of piperidine rings is 1. The molecule has 1 spiro atoms. The number of rotatable bonds is 5. The van der Waals surface area contributed by atoms with Crippen LogP contribution in [0.2, 0.25) is 0 Å². The van der Waals surface area contributed by atoms with Crippen LogP contribution in [0.1, 0.15) is 55.5 Å². The Labute approximate surface area is 184 Å². The molecule has 0 unspecified atom stereocenters. The topological polar surface area (TPSA) is 79.0 Å². The van der Waals surface area contributed by atoms with Crippen molar-refractivity contribution in [2.75, 3.05) is 26.2 Å². The van der Waals surface area contributed by atoms with Crippen LogP contribution in [-0.2, 0) is 14.3 Å². The third kappa shape index (κ3) is 4.47. The standard InChI is InChI=1S/C24H33N3O4/c1-16(2)14-25-21(28)20-15-31-24(10-12-26(13-11-24)22(29)18-8-9-18)27(20)23(30)19-6-4-17(3)5-7-19/h4-7,16,18,20H,8-15H2,1-3H3,(H,25,28)/t20-/m0/s1. The Morgan fingerprint density at radius 3 is 2.35 bits per heavy atom. The molecule has 2 saturated heterocycles. The van der Waals surface area contributed by atoms with Crippen LogP contribution >= 0.6 is 0 Å². The molecule has 168 valence electrons. The third-order valence-corrected chi connectivity index (χ3v) is 6.55. The summed E-state index contributed by atoms with van der Waals surface area (Å²) in [6, 6.07) is 6.75. The molecule has 3 aliphatic rings. The molecule has 31 heavy (non-hydrogen) atoms. The molecular formula is C24H33N3O4. The average Bonchev–Trinajstić information content (AvgIpc) is 3.55. The van der Waals surface area contributed by atoms with Gasteiger partial charge in [0.05, 0.1) is 6.61 Å². The summed E-state index contributed by atoms with van der Waals surface area (Å²) in [5.41, 5.74) is 0.776. The summed E-state index contributed by atoms with van der Waals surface area (Å²) in [7, 11) is 0. The van der Waals surface area contributed by atoms with Crippen molar-refractivity contribution >= 4 is 17.7 Å². The smallest absolute Gasteiger partial charge is 0.256 e. The van der Waals surface area contributed by atoms with Gasteiger partial charge in [0, 0.05) is 44.0 Å². The Kier molecular flexibility index (Phi) is 6.06. The number of nitrogens with one attached hydrogen (secondary N) is 1. The molecule has 4 rings (SSSR count). The Hall–Kier alpha value is -2.41. The van der Waals surface area contributed by atoms with Crippen LogP contribution < -0.4 is 5.32 Å². The van der Waals surface area contributed by atoms with Crippen molar-refractivity contribution in [2.24, 2.45) is 11.8 Å². The first-order chi connectivity index (χ1) is 14.8. The summed E-state index contributed by atoms with van der Waals surface area (Å²) >= 11 is 0. The fraction of sp³-hybridized carbons (Fsp3) is 0.625. The molecule has 1 saturated carbocycles. The van der Waals surface area contributed by atoms with E-state index >= 15 is 0 Å². The average molecular weight is 428 g/mol. The van der Waals surface area contributed by atoms with Crippen LogP contribution in [0, 0.1) is 18.8 Å². The van der Waals surface area contributed by atoms with E-state index in [-0.39, 0.29) is 30.2 Å². The normalized spacial score (nSPS) is 22.8.